The average molecular weight is 268 g/mol. The lowest BCUT2D eigenvalue weighted by molar-refractivity contribution is 0.101. The van der Waals surface area contributed by atoms with Crippen molar-refractivity contribution in [2.45, 2.75) is 20.8 Å². The van der Waals surface area contributed by atoms with E-state index in [0.29, 0.717) is 5.69 Å². The van der Waals surface area contributed by atoms with Gasteiger partial charge in [0, 0.05) is 12.6 Å². The third-order valence-electron chi connectivity index (χ3n) is 3.06. The lowest BCUT2D eigenvalue weighted by atomic mass is 10.1. The first-order chi connectivity index (χ1) is 9.49. The summed E-state index contributed by atoms with van der Waals surface area (Å²) in [6.07, 6.45) is 0. The molecule has 0 aliphatic heterocycles. The third kappa shape index (κ3) is 2.91. The maximum atomic E-state index is 12.2. The van der Waals surface area contributed by atoms with Gasteiger partial charge in [0.1, 0.15) is 11.4 Å². The maximum absolute atomic E-state index is 12.2. The molecule has 4 heteroatoms. The van der Waals surface area contributed by atoms with Crippen molar-refractivity contribution in [3.63, 3.8) is 0 Å². The Morgan fingerprint density at radius 2 is 1.50 bits per heavy atom. The molecule has 0 aliphatic carbocycles. The first-order valence-corrected chi connectivity index (χ1v) is 6.34. The number of rotatable bonds is 3. The molecule has 0 saturated carbocycles. The van der Waals surface area contributed by atoms with Crippen molar-refractivity contribution in [2.75, 3.05) is 5.32 Å². The van der Waals surface area contributed by atoms with Crippen molar-refractivity contribution in [1.29, 1.82) is 0 Å². The van der Waals surface area contributed by atoms with E-state index in [9.17, 15) is 9.59 Å². The van der Waals surface area contributed by atoms with E-state index < -0.39 is 0 Å². The molecule has 0 atom stereocenters. The van der Waals surface area contributed by atoms with E-state index in [2.05, 4.69) is 10.3 Å². The van der Waals surface area contributed by atoms with Gasteiger partial charge in [0.2, 0.25) is 0 Å². The van der Waals surface area contributed by atoms with E-state index in [0.717, 1.165) is 16.8 Å². The van der Waals surface area contributed by atoms with Crippen LogP contribution in [0.15, 0.2) is 36.4 Å². The lowest BCUT2D eigenvalue weighted by Gasteiger charge is -2.11. The topological polar surface area (TPSA) is 59.1 Å². The van der Waals surface area contributed by atoms with E-state index >= 15 is 0 Å². The minimum absolute atomic E-state index is 0.160. The summed E-state index contributed by atoms with van der Waals surface area (Å²) in [7, 11) is 0. The molecule has 0 saturated heterocycles. The first kappa shape index (κ1) is 13.9. The van der Waals surface area contributed by atoms with Crippen LogP contribution in [-0.2, 0) is 0 Å². The number of anilines is 1. The Bertz CT molecular complexity index is 658. The van der Waals surface area contributed by atoms with Crippen LogP contribution in [0.5, 0.6) is 0 Å². The van der Waals surface area contributed by atoms with Crippen LogP contribution in [0.25, 0.3) is 0 Å². The summed E-state index contributed by atoms with van der Waals surface area (Å²) in [6, 6.07) is 10.6. The number of aryl methyl sites for hydroxylation is 2. The molecule has 1 N–H and O–H groups in total. The molecule has 0 radical (unpaired) electrons. The average Bonchev–Trinajstić information content (AvgIpc) is 2.43. The van der Waals surface area contributed by atoms with Crippen LogP contribution >= 0.6 is 0 Å². The zero-order valence-electron chi connectivity index (χ0n) is 11.7. The standard InChI is InChI=1S/C16H16N2O2/c1-10-6-4-7-11(2)15(10)18-16(20)14-9-5-8-13(17-14)12(3)19/h4-9H,1-3H3,(H,18,20). The van der Waals surface area contributed by atoms with Crippen molar-refractivity contribution in [2.24, 2.45) is 0 Å². The third-order valence-corrected chi connectivity index (χ3v) is 3.06. The SMILES string of the molecule is CC(=O)c1cccc(C(=O)Nc2c(C)cccc2C)n1. The fourth-order valence-corrected chi connectivity index (χ4v) is 1.95. The van der Waals surface area contributed by atoms with Crippen molar-refractivity contribution >= 4 is 17.4 Å². The molecule has 1 aromatic heterocycles. The van der Waals surface area contributed by atoms with Crippen molar-refractivity contribution < 1.29 is 9.59 Å². The number of ketones is 1. The maximum Gasteiger partial charge on any atom is 0.274 e. The van der Waals surface area contributed by atoms with Gasteiger partial charge in [-0.1, -0.05) is 24.3 Å². The second-order valence-corrected chi connectivity index (χ2v) is 4.69. The summed E-state index contributed by atoms with van der Waals surface area (Å²) >= 11 is 0. The molecular weight excluding hydrogens is 252 g/mol. The Morgan fingerprint density at radius 1 is 0.950 bits per heavy atom. The van der Waals surface area contributed by atoms with Crippen molar-refractivity contribution in [3.05, 3.63) is 58.9 Å². The molecule has 102 valence electrons. The molecule has 2 aromatic rings. The monoisotopic (exact) mass is 268 g/mol. The molecule has 0 bridgehead atoms. The van der Waals surface area contributed by atoms with Gasteiger partial charge in [-0.05, 0) is 37.1 Å². The number of aromatic nitrogens is 1. The number of hydrogen-bond donors (Lipinski definition) is 1. The summed E-state index contributed by atoms with van der Waals surface area (Å²) in [5, 5.41) is 2.85. The van der Waals surface area contributed by atoms with E-state index in [4.69, 9.17) is 0 Å². The quantitative estimate of drug-likeness (QED) is 0.870. The molecular formula is C16H16N2O2. The highest BCUT2D eigenvalue weighted by Gasteiger charge is 2.12. The second-order valence-electron chi connectivity index (χ2n) is 4.69. The largest absolute Gasteiger partial charge is 0.320 e. The van der Waals surface area contributed by atoms with Crippen molar-refractivity contribution in [1.82, 2.24) is 4.98 Å². The highest BCUT2D eigenvalue weighted by atomic mass is 16.2. The molecule has 0 spiro atoms. The molecule has 20 heavy (non-hydrogen) atoms. The highest BCUT2D eigenvalue weighted by Crippen LogP contribution is 2.20. The van der Waals surface area contributed by atoms with Gasteiger partial charge in [0.15, 0.2) is 5.78 Å². The summed E-state index contributed by atoms with van der Waals surface area (Å²) in [5.74, 6) is -0.475. The van der Waals surface area contributed by atoms with Crippen LogP contribution in [-0.4, -0.2) is 16.7 Å². The predicted octanol–water partition coefficient (Wildman–Crippen LogP) is 3.15. The van der Waals surface area contributed by atoms with Crippen LogP contribution in [0.2, 0.25) is 0 Å². The van der Waals surface area contributed by atoms with Crippen LogP contribution in [0.1, 0.15) is 39.0 Å². The Labute approximate surface area is 117 Å². The Kier molecular flexibility index (Phi) is 3.94. The zero-order chi connectivity index (χ0) is 14.7. The number of amides is 1. The normalized spacial score (nSPS) is 10.2. The van der Waals surface area contributed by atoms with Gasteiger partial charge in [0.05, 0.1) is 0 Å². The number of para-hydroxylation sites is 1. The summed E-state index contributed by atoms with van der Waals surface area (Å²) in [5.41, 5.74) is 3.29. The van der Waals surface area contributed by atoms with E-state index in [1.54, 1.807) is 18.2 Å². The zero-order valence-corrected chi connectivity index (χ0v) is 11.7. The number of hydrogen-bond acceptors (Lipinski definition) is 3. The van der Waals surface area contributed by atoms with Gasteiger partial charge in [0.25, 0.3) is 5.91 Å². The first-order valence-electron chi connectivity index (χ1n) is 6.34. The summed E-state index contributed by atoms with van der Waals surface area (Å²) in [4.78, 5) is 27.6. The Morgan fingerprint density at radius 3 is 2.10 bits per heavy atom. The number of Topliss-reactive ketones (excluding diaryl/α,β-unsaturated/α-hetero) is 1. The molecule has 1 heterocycles. The van der Waals surface area contributed by atoms with Gasteiger partial charge in [-0.3, -0.25) is 9.59 Å². The fourth-order valence-electron chi connectivity index (χ4n) is 1.95. The number of pyridine rings is 1. The van der Waals surface area contributed by atoms with Gasteiger partial charge >= 0.3 is 0 Å². The number of nitrogens with one attached hydrogen (secondary N) is 1. The molecule has 0 fully saturated rings. The van der Waals surface area contributed by atoms with E-state index in [1.807, 2.05) is 32.0 Å². The summed E-state index contributed by atoms with van der Waals surface area (Å²) < 4.78 is 0. The van der Waals surface area contributed by atoms with Gasteiger partial charge < -0.3 is 5.32 Å². The molecule has 1 aromatic carbocycles. The number of carbonyl (C=O) groups excluding carboxylic acids is 2. The smallest absolute Gasteiger partial charge is 0.274 e. The molecule has 4 nitrogen and oxygen atoms in total. The van der Waals surface area contributed by atoms with E-state index in [1.165, 1.54) is 6.92 Å². The molecule has 0 unspecified atom stereocenters. The van der Waals surface area contributed by atoms with Gasteiger partial charge in [-0.15, -0.1) is 0 Å². The summed E-state index contributed by atoms with van der Waals surface area (Å²) in [6.45, 7) is 5.29. The van der Waals surface area contributed by atoms with E-state index in [-0.39, 0.29) is 17.4 Å². The van der Waals surface area contributed by atoms with Gasteiger partial charge in [-0.2, -0.15) is 0 Å². The Hall–Kier alpha value is -2.49. The lowest BCUT2D eigenvalue weighted by Crippen LogP contribution is -2.16. The minimum atomic E-state index is -0.314. The number of benzene rings is 1. The fraction of sp³-hybridized carbons (Fsp3) is 0.188. The van der Waals surface area contributed by atoms with Crippen LogP contribution in [0, 0.1) is 13.8 Å². The Balaban J connectivity index is 2.29. The number of nitrogens with zero attached hydrogens (tertiary/aromatic N) is 1. The van der Waals surface area contributed by atoms with Gasteiger partial charge in [-0.25, -0.2) is 4.98 Å². The molecule has 2 rings (SSSR count). The van der Waals surface area contributed by atoms with Crippen LogP contribution in [0.3, 0.4) is 0 Å². The predicted molar refractivity (Wildman–Crippen MR) is 78.1 cm³/mol. The molecule has 1 amide bonds. The number of carbonyl (C=O) groups is 2. The highest BCUT2D eigenvalue weighted by molar-refractivity contribution is 6.04. The van der Waals surface area contributed by atoms with Crippen molar-refractivity contribution in [3.8, 4) is 0 Å². The second kappa shape index (κ2) is 5.65. The van der Waals surface area contributed by atoms with Crippen LogP contribution < -0.4 is 5.32 Å². The molecule has 0 aliphatic rings. The minimum Gasteiger partial charge on any atom is -0.320 e. The van der Waals surface area contributed by atoms with Crippen LogP contribution in [0.4, 0.5) is 5.69 Å².